The molecule has 1 N–H and O–H groups in total. The van der Waals surface area contributed by atoms with Crippen LogP contribution in [0.4, 0.5) is 4.39 Å². The number of aromatic nitrogens is 1. The van der Waals surface area contributed by atoms with Crippen LogP contribution in [-0.2, 0) is 10.7 Å². The molecule has 0 aliphatic heterocycles. The van der Waals surface area contributed by atoms with Crippen LogP contribution in [0.5, 0.6) is 0 Å². The second-order valence-corrected chi connectivity index (χ2v) is 5.19. The Balaban J connectivity index is 2.23. The van der Waals surface area contributed by atoms with Gasteiger partial charge in [-0.05, 0) is 45.9 Å². The van der Waals surface area contributed by atoms with Crippen molar-refractivity contribution in [1.82, 2.24) is 4.98 Å². The fourth-order valence-corrected chi connectivity index (χ4v) is 2.41. The topological polar surface area (TPSA) is 36.7 Å². The normalized spacial score (nSPS) is 12.8. The van der Waals surface area contributed by atoms with Gasteiger partial charge in [0.2, 0.25) is 0 Å². The fraction of sp³-hybridized carbons (Fsp3) is 0. The first-order valence-corrected chi connectivity index (χ1v) is 6.82. The van der Waals surface area contributed by atoms with Gasteiger partial charge in [-0.1, -0.05) is 29.8 Å². The molecule has 0 aliphatic rings. The molecule has 1 heterocycles. The molecule has 0 saturated heterocycles. The number of nitrogens with one attached hydrogen (secondary N) is 1. The van der Waals surface area contributed by atoms with E-state index in [1.54, 1.807) is 17.6 Å². The number of nitrogens with zero attached hydrogens (tertiary/aromatic N) is 1. The first-order valence-electron chi connectivity index (χ1n) is 5.16. The smallest absolute Gasteiger partial charge is 0.156 e. The van der Waals surface area contributed by atoms with E-state index in [-0.39, 0.29) is 5.03 Å². The van der Waals surface area contributed by atoms with Crippen molar-refractivity contribution in [2.75, 3.05) is 0 Å². The summed E-state index contributed by atoms with van der Waals surface area (Å²) in [6.07, 6.45) is 3.20. The zero-order chi connectivity index (χ0) is 13.0. The van der Waals surface area contributed by atoms with Crippen molar-refractivity contribution in [2.45, 2.75) is 5.03 Å². The van der Waals surface area contributed by atoms with Crippen molar-refractivity contribution >= 4 is 28.4 Å². The summed E-state index contributed by atoms with van der Waals surface area (Å²) in [6, 6.07) is 10.1. The molecule has 0 radical (unpaired) electrons. The third-order valence-electron chi connectivity index (χ3n) is 2.22. The van der Waals surface area contributed by atoms with Crippen LogP contribution < -0.4 is 0 Å². The average Bonchev–Trinajstić information content (AvgIpc) is 2.38. The number of hydrogen-bond donors (Lipinski definition) is 1. The first kappa shape index (κ1) is 12.9. The molecule has 2 nitrogen and oxygen atoms in total. The summed E-state index contributed by atoms with van der Waals surface area (Å²) < 4.78 is 21.3. The Kier molecular flexibility index (Phi) is 4.23. The quantitative estimate of drug-likeness (QED) is 0.895. The molecule has 1 atom stereocenters. The van der Waals surface area contributed by atoms with Gasteiger partial charge in [-0.2, -0.15) is 0 Å². The Morgan fingerprint density at radius 3 is 2.72 bits per heavy atom. The van der Waals surface area contributed by atoms with E-state index in [1.165, 1.54) is 18.3 Å². The maximum absolute atomic E-state index is 13.4. The van der Waals surface area contributed by atoms with E-state index >= 15 is 0 Å². The van der Waals surface area contributed by atoms with Crippen molar-refractivity contribution in [3.8, 4) is 0 Å². The Labute approximate surface area is 112 Å². The lowest BCUT2D eigenvalue weighted by atomic mass is 10.2. The number of benzene rings is 1. The maximum Gasteiger partial charge on any atom is 0.156 e. The van der Waals surface area contributed by atoms with Crippen LogP contribution in [0, 0.1) is 10.6 Å². The molecule has 2 aromatic rings. The highest BCUT2D eigenvalue weighted by molar-refractivity contribution is 7.89. The van der Waals surface area contributed by atoms with Crippen LogP contribution >= 0.6 is 11.6 Å². The molecule has 1 aromatic carbocycles. The van der Waals surface area contributed by atoms with Crippen molar-refractivity contribution in [3.63, 3.8) is 0 Å². The Hall–Kier alpha value is -1.52. The molecule has 0 saturated carbocycles. The monoisotopic (exact) mass is 280 g/mol. The molecule has 2 rings (SSSR count). The Morgan fingerprint density at radius 2 is 2.00 bits per heavy atom. The third kappa shape index (κ3) is 3.03. The van der Waals surface area contributed by atoms with E-state index in [2.05, 4.69) is 4.98 Å². The van der Waals surface area contributed by atoms with Crippen molar-refractivity contribution < 1.29 is 4.39 Å². The van der Waals surface area contributed by atoms with E-state index in [1.807, 2.05) is 18.2 Å². The number of halogens is 2. The molecule has 0 bridgehead atoms. The molecular weight excluding hydrogens is 271 g/mol. The fourth-order valence-electron chi connectivity index (χ4n) is 1.35. The van der Waals surface area contributed by atoms with Crippen molar-refractivity contribution in [3.05, 3.63) is 64.4 Å². The number of hydrogen-bond acceptors (Lipinski definition) is 2. The molecule has 1 aromatic heterocycles. The minimum absolute atomic E-state index is 0.140. The highest BCUT2D eigenvalue weighted by Crippen LogP contribution is 2.18. The molecule has 0 spiro atoms. The van der Waals surface area contributed by atoms with Gasteiger partial charge in [-0.15, -0.1) is 0 Å². The van der Waals surface area contributed by atoms with Gasteiger partial charge < -0.3 is 0 Å². The van der Waals surface area contributed by atoms with Crippen LogP contribution in [-0.4, -0.2) is 4.98 Å². The van der Waals surface area contributed by atoms with Gasteiger partial charge in [-0.25, -0.2) is 9.37 Å². The lowest BCUT2D eigenvalue weighted by molar-refractivity contribution is 0.587. The minimum Gasteiger partial charge on any atom is -0.270 e. The van der Waals surface area contributed by atoms with Gasteiger partial charge in [0.05, 0.1) is 0 Å². The second kappa shape index (κ2) is 5.89. The Morgan fingerprint density at radius 1 is 1.22 bits per heavy atom. The van der Waals surface area contributed by atoms with Crippen LogP contribution in [0.2, 0.25) is 5.02 Å². The summed E-state index contributed by atoms with van der Waals surface area (Å²) in [4.78, 5) is 3.88. The zero-order valence-electron chi connectivity index (χ0n) is 9.31. The van der Waals surface area contributed by atoms with E-state index in [0.29, 0.717) is 5.02 Å². The minimum atomic E-state index is -1.13. The molecule has 5 heteroatoms. The first-order chi connectivity index (χ1) is 8.68. The van der Waals surface area contributed by atoms with Crippen LogP contribution in [0.15, 0.2) is 53.0 Å². The van der Waals surface area contributed by atoms with Crippen molar-refractivity contribution in [1.29, 1.82) is 4.78 Å². The van der Waals surface area contributed by atoms with E-state index < -0.39 is 16.5 Å². The van der Waals surface area contributed by atoms with E-state index in [9.17, 15) is 4.39 Å². The third-order valence-corrected chi connectivity index (χ3v) is 3.69. The molecular formula is C13H10ClFN2S. The zero-order valence-corrected chi connectivity index (χ0v) is 10.9. The van der Waals surface area contributed by atoms with Gasteiger partial charge in [-0.3, -0.25) is 4.78 Å². The van der Waals surface area contributed by atoms with Gasteiger partial charge in [0.25, 0.3) is 0 Å². The highest BCUT2D eigenvalue weighted by Gasteiger charge is 2.04. The maximum atomic E-state index is 13.4. The summed E-state index contributed by atoms with van der Waals surface area (Å²) in [5.41, 5.74) is 0.806. The van der Waals surface area contributed by atoms with Crippen LogP contribution in [0.1, 0.15) is 5.56 Å². The summed E-state index contributed by atoms with van der Waals surface area (Å²) >= 11 is 5.99. The van der Waals surface area contributed by atoms with Gasteiger partial charge in [0.1, 0.15) is 5.03 Å². The van der Waals surface area contributed by atoms with E-state index in [0.717, 1.165) is 5.56 Å². The second-order valence-electron chi connectivity index (χ2n) is 3.45. The van der Waals surface area contributed by atoms with Crippen LogP contribution in [0.25, 0.3) is 6.08 Å². The summed E-state index contributed by atoms with van der Waals surface area (Å²) in [7, 11) is -1.13. The van der Waals surface area contributed by atoms with Crippen molar-refractivity contribution in [2.24, 2.45) is 0 Å². The van der Waals surface area contributed by atoms with Gasteiger partial charge >= 0.3 is 0 Å². The summed E-state index contributed by atoms with van der Waals surface area (Å²) in [5.74, 6) is -0.459. The predicted molar refractivity (Wildman–Crippen MR) is 73.0 cm³/mol. The Bertz CT molecular complexity index is 613. The predicted octanol–water partition coefficient (Wildman–Crippen LogP) is 4.28. The molecule has 18 heavy (non-hydrogen) atoms. The average molecular weight is 281 g/mol. The molecule has 92 valence electrons. The molecule has 0 fully saturated rings. The summed E-state index contributed by atoms with van der Waals surface area (Å²) in [6.45, 7) is 0. The highest BCUT2D eigenvalue weighted by atomic mass is 35.5. The van der Waals surface area contributed by atoms with Gasteiger partial charge in [0.15, 0.2) is 5.82 Å². The molecule has 1 unspecified atom stereocenters. The molecule has 0 aliphatic carbocycles. The molecule has 0 amide bonds. The van der Waals surface area contributed by atoms with Gasteiger partial charge in [0, 0.05) is 11.2 Å². The number of rotatable bonds is 3. The lowest BCUT2D eigenvalue weighted by Gasteiger charge is -2.01. The van der Waals surface area contributed by atoms with Crippen LogP contribution in [0.3, 0.4) is 0 Å². The SMILES string of the molecule is N=S(/C=C/c1ccccc1Cl)c1ncccc1F. The number of pyridine rings is 1. The standard InChI is InChI=1S/C13H10ClFN2S/c14-11-5-2-1-4-10(11)7-9-18(16)13-12(15)6-3-8-17-13/h1-9,16H/b9-7+. The largest absolute Gasteiger partial charge is 0.270 e. The summed E-state index contributed by atoms with van der Waals surface area (Å²) in [5, 5.41) is 2.33. The van der Waals surface area contributed by atoms with E-state index in [4.69, 9.17) is 16.4 Å². The lowest BCUT2D eigenvalue weighted by Crippen LogP contribution is -1.93.